The average molecular weight is 511 g/mol. The van der Waals surface area contributed by atoms with E-state index in [-0.39, 0.29) is 6.10 Å². The van der Waals surface area contributed by atoms with Gasteiger partial charge in [-0.25, -0.2) is 0 Å². The Labute approximate surface area is 217 Å². The Bertz CT molecular complexity index is 1090. The Hall–Kier alpha value is -2.92. The number of aromatic nitrogens is 4. The number of piperidine rings is 2. The number of nitrogens with one attached hydrogen (secondary N) is 2. The summed E-state index contributed by atoms with van der Waals surface area (Å²) in [5, 5.41) is 10.5. The zero-order chi connectivity index (χ0) is 25.4. The van der Waals surface area contributed by atoms with Crippen LogP contribution in [0, 0.1) is 6.92 Å². The van der Waals surface area contributed by atoms with Crippen LogP contribution in [0.4, 0.5) is 17.6 Å². The Balaban J connectivity index is 1.18. The topological polar surface area (TPSA) is 112 Å². The van der Waals surface area contributed by atoms with Crippen molar-refractivity contribution >= 4 is 23.5 Å². The highest BCUT2D eigenvalue weighted by Crippen LogP contribution is 2.37. The first-order valence-electron chi connectivity index (χ1n) is 13.7. The summed E-state index contributed by atoms with van der Waals surface area (Å²) in [6, 6.07) is 4.90. The van der Waals surface area contributed by atoms with Gasteiger partial charge < -0.3 is 24.6 Å². The number of anilines is 3. The number of aromatic amines is 1. The highest BCUT2D eigenvalue weighted by Gasteiger charge is 2.41. The summed E-state index contributed by atoms with van der Waals surface area (Å²) in [5.41, 5.74) is 0.971. The van der Waals surface area contributed by atoms with Gasteiger partial charge in [0.2, 0.25) is 17.7 Å². The van der Waals surface area contributed by atoms with Crippen molar-refractivity contribution in [3.63, 3.8) is 0 Å². The molecular weight excluding hydrogens is 472 g/mol. The van der Waals surface area contributed by atoms with Gasteiger partial charge in [-0.05, 0) is 45.4 Å². The van der Waals surface area contributed by atoms with Crippen LogP contribution < -0.4 is 15.0 Å². The van der Waals surface area contributed by atoms with Gasteiger partial charge in [-0.1, -0.05) is 6.42 Å². The molecule has 0 saturated carbocycles. The highest BCUT2D eigenvalue weighted by molar-refractivity contribution is 5.78. The number of hydrogen-bond donors (Lipinski definition) is 2. The molecule has 0 spiro atoms. The lowest BCUT2D eigenvalue weighted by Crippen LogP contribution is -2.58. The molecule has 4 fully saturated rings. The van der Waals surface area contributed by atoms with Crippen LogP contribution >= 0.6 is 0 Å². The maximum Gasteiger partial charge on any atom is 0.236 e. The zero-order valence-corrected chi connectivity index (χ0v) is 21.9. The lowest BCUT2D eigenvalue weighted by molar-refractivity contribution is -0.134. The van der Waals surface area contributed by atoms with Gasteiger partial charge in [0.15, 0.2) is 5.82 Å². The minimum Gasteiger partial charge on any atom is -0.469 e. The van der Waals surface area contributed by atoms with E-state index < -0.39 is 0 Å². The molecule has 0 radical (unpaired) electrons. The van der Waals surface area contributed by atoms with Crippen LogP contribution in [0.15, 0.2) is 12.1 Å². The molecule has 11 heteroatoms. The minimum absolute atomic E-state index is 0.0178. The molecule has 37 heavy (non-hydrogen) atoms. The van der Waals surface area contributed by atoms with E-state index in [1.165, 1.54) is 6.42 Å². The summed E-state index contributed by atoms with van der Waals surface area (Å²) < 4.78 is 11.4. The summed E-state index contributed by atoms with van der Waals surface area (Å²) in [6.45, 7) is 5.52. The fourth-order valence-electron chi connectivity index (χ4n) is 6.17. The third-order valence-electron chi connectivity index (χ3n) is 8.29. The molecule has 2 aromatic heterocycles. The lowest BCUT2D eigenvalue weighted by Gasteiger charge is -2.50. The predicted octanol–water partition coefficient (Wildman–Crippen LogP) is 2.47. The van der Waals surface area contributed by atoms with Gasteiger partial charge in [0.1, 0.15) is 11.9 Å². The molecule has 0 aromatic carbocycles. The van der Waals surface area contributed by atoms with Gasteiger partial charge in [-0.2, -0.15) is 15.1 Å². The summed E-state index contributed by atoms with van der Waals surface area (Å²) in [7, 11) is 2.08. The second kappa shape index (κ2) is 10.4. The summed E-state index contributed by atoms with van der Waals surface area (Å²) in [4.78, 5) is 29.3. The number of fused-ring (bicyclic) bond motifs is 2. The first kappa shape index (κ1) is 24.4. The summed E-state index contributed by atoms with van der Waals surface area (Å²) in [5.74, 6) is 2.82. The molecule has 4 saturated heterocycles. The van der Waals surface area contributed by atoms with Crippen LogP contribution in [0.2, 0.25) is 0 Å². The molecule has 2 bridgehead atoms. The van der Waals surface area contributed by atoms with Crippen molar-refractivity contribution in [3.8, 4) is 5.88 Å². The molecule has 2 N–H and O–H groups in total. The molecule has 2 aromatic rings. The second-order valence-electron chi connectivity index (χ2n) is 11.0. The third-order valence-corrected chi connectivity index (χ3v) is 8.29. The maximum absolute atomic E-state index is 12.9. The fourth-order valence-corrected chi connectivity index (χ4v) is 6.17. The monoisotopic (exact) mass is 510 g/mol. The molecule has 3 atom stereocenters. The Morgan fingerprint density at radius 3 is 2.54 bits per heavy atom. The van der Waals surface area contributed by atoms with E-state index in [9.17, 15) is 4.79 Å². The number of carbonyl (C=O) groups excluding carboxylic acids is 1. The number of nitrogens with zero attached hydrogens (tertiary/aromatic N) is 6. The first-order valence-corrected chi connectivity index (χ1v) is 13.7. The zero-order valence-electron chi connectivity index (χ0n) is 21.9. The van der Waals surface area contributed by atoms with Crippen molar-refractivity contribution in [2.24, 2.45) is 0 Å². The molecule has 4 aliphatic rings. The van der Waals surface area contributed by atoms with Crippen molar-refractivity contribution in [2.45, 2.75) is 76.1 Å². The van der Waals surface area contributed by atoms with Crippen molar-refractivity contribution in [1.82, 2.24) is 30.0 Å². The van der Waals surface area contributed by atoms with Gasteiger partial charge in [-0.15, -0.1) is 0 Å². The largest absolute Gasteiger partial charge is 0.469 e. The molecule has 1 amide bonds. The second-order valence-corrected chi connectivity index (χ2v) is 11.0. The van der Waals surface area contributed by atoms with Gasteiger partial charge in [0, 0.05) is 56.1 Å². The Morgan fingerprint density at radius 1 is 1.14 bits per heavy atom. The Morgan fingerprint density at radius 2 is 1.89 bits per heavy atom. The molecule has 11 nitrogen and oxygen atoms in total. The number of hydrogen-bond acceptors (Lipinski definition) is 9. The van der Waals surface area contributed by atoms with Crippen molar-refractivity contribution in [2.75, 3.05) is 50.1 Å². The molecule has 1 unspecified atom stereocenters. The Kier molecular flexibility index (Phi) is 6.90. The van der Waals surface area contributed by atoms with Crippen molar-refractivity contribution in [1.29, 1.82) is 0 Å². The van der Waals surface area contributed by atoms with Gasteiger partial charge in [-0.3, -0.25) is 14.8 Å². The number of rotatable bonds is 8. The lowest BCUT2D eigenvalue weighted by atomic mass is 9.81. The SMILES string of the molecule is Cc1cc(Nc2cc(OC3COC3)nc(N(C)C3C[C@H]4CCC[C@@H](C3)N4CC(=O)N3CCCC3)n2)n[nH]1. The number of ether oxygens (including phenoxy) is 2. The highest BCUT2D eigenvalue weighted by atomic mass is 16.6. The first-order chi connectivity index (χ1) is 18.0. The van der Waals surface area contributed by atoms with Crippen LogP contribution in [0.5, 0.6) is 5.88 Å². The fraction of sp³-hybridized carbons (Fsp3) is 0.692. The third kappa shape index (κ3) is 5.38. The number of amides is 1. The standard InChI is InChI=1S/C26H38N8O3/c1-17-10-23(31-30-17)27-22-13-24(37-21-15-36-16-21)29-26(28-22)32(2)20-11-18-6-5-7-19(12-20)34(18)14-25(35)33-8-3-4-9-33/h10,13,18-21H,3-9,11-12,14-16H2,1-2H3,(H2,27,28,29,30,31)/t18-,19+,20?. The van der Waals surface area contributed by atoms with Crippen LogP contribution in [0.3, 0.4) is 0 Å². The molecule has 6 heterocycles. The van der Waals surface area contributed by atoms with Crippen LogP contribution in [0.1, 0.15) is 50.6 Å². The smallest absolute Gasteiger partial charge is 0.236 e. The molecule has 4 aliphatic heterocycles. The van der Waals surface area contributed by atoms with E-state index in [2.05, 4.69) is 37.3 Å². The summed E-state index contributed by atoms with van der Waals surface area (Å²) in [6.07, 6.45) is 7.83. The van der Waals surface area contributed by atoms with Crippen LogP contribution in [-0.4, -0.2) is 100.0 Å². The minimum atomic E-state index is 0.0178. The number of aryl methyl sites for hydroxylation is 1. The predicted molar refractivity (Wildman–Crippen MR) is 139 cm³/mol. The maximum atomic E-state index is 12.9. The van der Waals surface area contributed by atoms with Crippen LogP contribution in [-0.2, 0) is 9.53 Å². The van der Waals surface area contributed by atoms with E-state index in [0.717, 1.165) is 57.3 Å². The average Bonchev–Trinajstić information content (AvgIpc) is 3.53. The van der Waals surface area contributed by atoms with E-state index in [1.807, 2.05) is 19.1 Å². The van der Waals surface area contributed by atoms with Gasteiger partial charge in [0.05, 0.1) is 19.8 Å². The van der Waals surface area contributed by atoms with Gasteiger partial charge >= 0.3 is 0 Å². The van der Waals surface area contributed by atoms with Gasteiger partial charge in [0.25, 0.3) is 0 Å². The quantitative estimate of drug-likeness (QED) is 0.553. The van der Waals surface area contributed by atoms with Crippen molar-refractivity contribution in [3.05, 3.63) is 17.8 Å². The normalized spacial score (nSPS) is 26.1. The van der Waals surface area contributed by atoms with Crippen LogP contribution in [0.25, 0.3) is 0 Å². The number of H-pyrrole nitrogens is 1. The molecule has 6 rings (SSSR count). The summed E-state index contributed by atoms with van der Waals surface area (Å²) >= 11 is 0. The van der Waals surface area contributed by atoms with E-state index >= 15 is 0 Å². The number of likely N-dealkylation sites (tertiary alicyclic amines) is 1. The van der Waals surface area contributed by atoms with E-state index in [0.29, 0.717) is 67.3 Å². The van der Waals surface area contributed by atoms with Crippen molar-refractivity contribution < 1.29 is 14.3 Å². The molecule has 200 valence electrons. The molecular formula is C26H38N8O3. The number of carbonyl (C=O) groups is 1. The van der Waals surface area contributed by atoms with E-state index in [1.54, 1.807) is 0 Å². The molecule has 0 aliphatic carbocycles. The van der Waals surface area contributed by atoms with E-state index in [4.69, 9.17) is 19.4 Å².